The fourth-order valence-electron chi connectivity index (χ4n) is 1.18. The maximum Gasteiger partial charge on any atom is 0.0682 e. The molecule has 0 aliphatic rings. The average molecular weight is 200 g/mol. The molecule has 0 aliphatic carbocycles. The summed E-state index contributed by atoms with van der Waals surface area (Å²) in [7, 11) is 0. The summed E-state index contributed by atoms with van der Waals surface area (Å²) < 4.78 is 0. The van der Waals surface area contributed by atoms with Crippen LogP contribution in [0, 0.1) is 0 Å². The second-order valence-corrected chi connectivity index (χ2v) is 3.38. The first-order chi connectivity index (χ1) is 6.27. The van der Waals surface area contributed by atoms with Gasteiger partial charge in [-0.3, -0.25) is 0 Å². The molecule has 3 heteroatoms. The van der Waals surface area contributed by atoms with Crippen LogP contribution in [0.4, 0.5) is 0 Å². The van der Waals surface area contributed by atoms with Gasteiger partial charge in [0.05, 0.1) is 6.61 Å². The van der Waals surface area contributed by atoms with Crippen LogP contribution in [0.1, 0.15) is 17.5 Å². The van der Waals surface area contributed by atoms with Gasteiger partial charge in [0.25, 0.3) is 0 Å². The van der Waals surface area contributed by atoms with Crippen LogP contribution in [-0.4, -0.2) is 11.7 Å². The number of rotatable bonds is 4. The van der Waals surface area contributed by atoms with Crippen molar-refractivity contribution in [2.45, 2.75) is 19.4 Å². The molecule has 1 rings (SSSR count). The molecule has 1 aromatic carbocycles. The van der Waals surface area contributed by atoms with Crippen LogP contribution in [0.5, 0.6) is 0 Å². The monoisotopic (exact) mass is 199 g/mol. The van der Waals surface area contributed by atoms with Crippen LogP contribution in [0.3, 0.4) is 0 Å². The molecule has 0 radical (unpaired) electrons. The molecule has 0 aliphatic heterocycles. The maximum absolute atomic E-state index is 8.85. The minimum absolute atomic E-state index is 0.0386. The first-order valence-electron chi connectivity index (χ1n) is 4.36. The Morgan fingerprint density at radius 3 is 2.69 bits per heavy atom. The Labute approximate surface area is 83.3 Å². The van der Waals surface area contributed by atoms with Crippen molar-refractivity contribution in [1.82, 2.24) is 0 Å². The molecule has 3 N–H and O–H groups in total. The fraction of sp³-hybridized carbons (Fsp3) is 0.400. The molecule has 0 saturated heterocycles. The van der Waals surface area contributed by atoms with Gasteiger partial charge in [-0.05, 0) is 36.6 Å². The summed E-state index contributed by atoms with van der Waals surface area (Å²) in [6.45, 7) is 0.717. The molecule has 0 heterocycles. The van der Waals surface area contributed by atoms with Gasteiger partial charge in [-0.2, -0.15) is 0 Å². The highest BCUT2D eigenvalue weighted by molar-refractivity contribution is 6.31. The van der Waals surface area contributed by atoms with Gasteiger partial charge in [-0.25, -0.2) is 0 Å². The summed E-state index contributed by atoms with van der Waals surface area (Å²) >= 11 is 5.99. The maximum atomic E-state index is 8.85. The highest BCUT2D eigenvalue weighted by Crippen LogP contribution is 2.19. The summed E-state index contributed by atoms with van der Waals surface area (Å²) in [6, 6.07) is 5.63. The normalized spacial score (nSPS) is 10.4. The molecule has 0 atom stereocenters. The first kappa shape index (κ1) is 10.5. The third kappa shape index (κ3) is 2.99. The van der Waals surface area contributed by atoms with Crippen molar-refractivity contribution in [3.63, 3.8) is 0 Å². The molecule has 0 fully saturated rings. The molecule has 0 amide bonds. The lowest BCUT2D eigenvalue weighted by Crippen LogP contribution is -2.00. The molecule has 72 valence electrons. The Kier molecular flexibility index (Phi) is 4.22. The Morgan fingerprint density at radius 1 is 1.38 bits per heavy atom. The molecular weight excluding hydrogens is 186 g/mol. The zero-order chi connectivity index (χ0) is 9.68. The quantitative estimate of drug-likeness (QED) is 0.776. The molecule has 0 bridgehead atoms. The van der Waals surface area contributed by atoms with E-state index in [0.717, 1.165) is 29.0 Å². The second-order valence-electron chi connectivity index (χ2n) is 2.98. The molecule has 0 saturated carbocycles. The Balaban J connectivity index is 2.73. The second kappa shape index (κ2) is 5.22. The van der Waals surface area contributed by atoms with Gasteiger partial charge in [-0.1, -0.05) is 23.7 Å². The highest BCUT2D eigenvalue weighted by atomic mass is 35.5. The van der Waals surface area contributed by atoms with Crippen molar-refractivity contribution in [3.8, 4) is 0 Å². The number of aryl methyl sites for hydroxylation is 1. The predicted octanol–water partition coefficient (Wildman–Crippen LogP) is 1.72. The van der Waals surface area contributed by atoms with Gasteiger partial charge in [0.2, 0.25) is 0 Å². The molecule has 1 aromatic rings. The van der Waals surface area contributed by atoms with E-state index in [2.05, 4.69) is 0 Å². The first-order valence-corrected chi connectivity index (χ1v) is 4.74. The topological polar surface area (TPSA) is 46.2 Å². The summed E-state index contributed by atoms with van der Waals surface area (Å²) in [5, 5.41) is 9.57. The van der Waals surface area contributed by atoms with Gasteiger partial charge in [0, 0.05) is 5.02 Å². The van der Waals surface area contributed by atoms with E-state index in [1.165, 1.54) is 0 Å². The SMILES string of the molecule is NCCCc1ccc(CO)cc1Cl. The van der Waals surface area contributed by atoms with Crippen molar-refractivity contribution in [1.29, 1.82) is 0 Å². The molecular formula is C10H14ClNO. The largest absolute Gasteiger partial charge is 0.392 e. The van der Waals surface area contributed by atoms with E-state index in [4.69, 9.17) is 22.4 Å². The van der Waals surface area contributed by atoms with Crippen LogP contribution in [0.15, 0.2) is 18.2 Å². The number of nitrogens with two attached hydrogens (primary N) is 1. The molecule has 2 nitrogen and oxygen atoms in total. The van der Waals surface area contributed by atoms with Crippen molar-refractivity contribution < 1.29 is 5.11 Å². The van der Waals surface area contributed by atoms with E-state index in [0.29, 0.717) is 6.54 Å². The number of hydrogen-bond donors (Lipinski definition) is 2. The minimum Gasteiger partial charge on any atom is -0.392 e. The van der Waals surface area contributed by atoms with E-state index in [1.54, 1.807) is 6.07 Å². The summed E-state index contributed by atoms with van der Waals surface area (Å²) in [5.41, 5.74) is 7.35. The van der Waals surface area contributed by atoms with Crippen LogP contribution in [0.25, 0.3) is 0 Å². The molecule has 13 heavy (non-hydrogen) atoms. The van der Waals surface area contributed by atoms with Gasteiger partial charge in [0.15, 0.2) is 0 Å². The number of benzene rings is 1. The minimum atomic E-state index is 0.0386. The van der Waals surface area contributed by atoms with Crippen molar-refractivity contribution in [3.05, 3.63) is 34.3 Å². The fourth-order valence-corrected chi connectivity index (χ4v) is 1.48. The molecule has 0 spiro atoms. The Bertz CT molecular complexity index is 276. The number of hydrogen-bond acceptors (Lipinski definition) is 2. The van der Waals surface area contributed by atoms with Gasteiger partial charge >= 0.3 is 0 Å². The van der Waals surface area contributed by atoms with Crippen molar-refractivity contribution in [2.24, 2.45) is 5.73 Å². The van der Waals surface area contributed by atoms with Crippen LogP contribution in [-0.2, 0) is 13.0 Å². The zero-order valence-corrected chi connectivity index (χ0v) is 8.22. The van der Waals surface area contributed by atoms with E-state index in [1.807, 2.05) is 12.1 Å². The Morgan fingerprint density at radius 2 is 2.15 bits per heavy atom. The van der Waals surface area contributed by atoms with Gasteiger partial charge in [-0.15, -0.1) is 0 Å². The third-order valence-electron chi connectivity index (χ3n) is 1.95. The van der Waals surface area contributed by atoms with Crippen LogP contribution >= 0.6 is 11.6 Å². The lowest BCUT2D eigenvalue weighted by molar-refractivity contribution is 0.282. The average Bonchev–Trinajstić information content (AvgIpc) is 2.16. The van der Waals surface area contributed by atoms with E-state index >= 15 is 0 Å². The lowest BCUT2D eigenvalue weighted by Gasteiger charge is -2.04. The molecule has 0 unspecified atom stereocenters. The standard InChI is InChI=1S/C10H14ClNO/c11-10-6-8(7-13)3-4-9(10)2-1-5-12/h3-4,6,13H,1-2,5,7,12H2. The highest BCUT2D eigenvalue weighted by Gasteiger charge is 2.00. The number of aliphatic hydroxyl groups is 1. The van der Waals surface area contributed by atoms with Crippen LogP contribution < -0.4 is 5.73 Å². The van der Waals surface area contributed by atoms with E-state index in [9.17, 15) is 0 Å². The van der Waals surface area contributed by atoms with Crippen molar-refractivity contribution in [2.75, 3.05) is 6.54 Å². The van der Waals surface area contributed by atoms with Crippen molar-refractivity contribution >= 4 is 11.6 Å². The Hall–Kier alpha value is -0.570. The number of aliphatic hydroxyl groups excluding tert-OH is 1. The van der Waals surface area contributed by atoms with Gasteiger partial charge < -0.3 is 10.8 Å². The van der Waals surface area contributed by atoms with E-state index < -0.39 is 0 Å². The number of halogens is 1. The lowest BCUT2D eigenvalue weighted by atomic mass is 10.1. The third-order valence-corrected chi connectivity index (χ3v) is 2.30. The smallest absolute Gasteiger partial charge is 0.0682 e. The predicted molar refractivity (Wildman–Crippen MR) is 54.8 cm³/mol. The van der Waals surface area contributed by atoms with Crippen LogP contribution in [0.2, 0.25) is 5.02 Å². The van der Waals surface area contributed by atoms with Gasteiger partial charge in [0.1, 0.15) is 0 Å². The summed E-state index contributed by atoms with van der Waals surface area (Å²) in [4.78, 5) is 0. The molecule has 0 aromatic heterocycles. The summed E-state index contributed by atoms with van der Waals surface area (Å²) in [6.07, 6.45) is 1.85. The zero-order valence-electron chi connectivity index (χ0n) is 7.46. The van der Waals surface area contributed by atoms with E-state index in [-0.39, 0.29) is 6.61 Å². The summed E-state index contributed by atoms with van der Waals surface area (Å²) in [5.74, 6) is 0.